The van der Waals surface area contributed by atoms with Crippen molar-refractivity contribution < 1.29 is 19.1 Å². The number of amides is 1. The number of nitrogens with one attached hydrogen (secondary N) is 1. The molecule has 1 aromatic carbocycles. The van der Waals surface area contributed by atoms with Crippen molar-refractivity contribution in [3.8, 4) is 0 Å². The summed E-state index contributed by atoms with van der Waals surface area (Å²) in [5.41, 5.74) is 0.813. The van der Waals surface area contributed by atoms with E-state index in [0.29, 0.717) is 12.8 Å². The zero-order valence-corrected chi connectivity index (χ0v) is 11.6. The van der Waals surface area contributed by atoms with Crippen molar-refractivity contribution in [1.29, 1.82) is 0 Å². The molecule has 0 bridgehead atoms. The summed E-state index contributed by atoms with van der Waals surface area (Å²) in [7, 11) is 0. The molecule has 1 amide bonds. The van der Waals surface area contributed by atoms with Crippen LogP contribution in [0, 0.1) is 11.7 Å². The molecule has 0 radical (unpaired) electrons. The zero-order chi connectivity index (χ0) is 15.2. The number of carboxylic acid groups (broad SMARTS) is 1. The molecule has 2 rings (SSSR count). The second-order valence-corrected chi connectivity index (χ2v) is 5.21. The van der Waals surface area contributed by atoms with Crippen LogP contribution >= 0.6 is 0 Å². The lowest BCUT2D eigenvalue weighted by atomic mass is 10.0. The van der Waals surface area contributed by atoms with Gasteiger partial charge in [-0.25, -0.2) is 4.39 Å². The third kappa shape index (κ3) is 4.41. The molecule has 0 heterocycles. The largest absolute Gasteiger partial charge is 0.481 e. The summed E-state index contributed by atoms with van der Waals surface area (Å²) in [4.78, 5) is 22.8. The van der Waals surface area contributed by atoms with Crippen LogP contribution < -0.4 is 5.32 Å². The number of hydrogen-bond donors (Lipinski definition) is 2. The normalized spacial score (nSPS) is 21.6. The molecule has 0 aromatic heterocycles. The number of carboxylic acids is 1. The van der Waals surface area contributed by atoms with Crippen molar-refractivity contribution >= 4 is 18.0 Å². The first-order valence-electron chi connectivity index (χ1n) is 7.00. The van der Waals surface area contributed by atoms with Gasteiger partial charge in [-0.15, -0.1) is 0 Å². The van der Waals surface area contributed by atoms with E-state index in [4.69, 9.17) is 5.11 Å². The molecule has 2 N–H and O–H groups in total. The van der Waals surface area contributed by atoms with Crippen molar-refractivity contribution in [2.45, 2.75) is 31.7 Å². The minimum atomic E-state index is -0.848. The highest BCUT2D eigenvalue weighted by Gasteiger charge is 2.33. The number of benzene rings is 1. The van der Waals surface area contributed by atoms with Crippen molar-refractivity contribution in [1.82, 2.24) is 5.32 Å². The Morgan fingerprint density at radius 2 is 2.00 bits per heavy atom. The maximum absolute atomic E-state index is 12.7. The molecule has 4 nitrogen and oxygen atoms in total. The molecular weight excluding hydrogens is 273 g/mol. The second-order valence-electron chi connectivity index (χ2n) is 5.21. The summed E-state index contributed by atoms with van der Waals surface area (Å²) in [5.74, 6) is -1.81. The number of carbonyl (C=O) groups excluding carboxylic acids is 1. The topological polar surface area (TPSA) is 66.4 Å². The first-order valence-corrected chi connectivity index (χ1v) is 7.00. The lowest BCUT2D eigenvalue weighted by molar-refractivity contribution is -0.142. The van der Waals surface area contributed by atoms with Gasteiger partial charge in [0.1, 0.15) is 5.82 Å². The number of carbonyl (C=O) groups is 2. The van der Waals surface area contributed by atoms with Crippen LogP contribution in [0.4, 0.5) is 4.39 Å². The molecule has 1 aliphatic carbocycles. The van der Waals surface area contributed by atoms with E-state index in [0.717, 1.165) is 12.0 Å². The second kappa shape index (κ2) is 7.02. The molecule has 1 aliphatic rings. The summed E-state index contributed by atoms with van der Waals surface area (Å²) in [6, 6.07) is 5.70. The van der Waals surface area contributed by atoms with E-state index in [9.17, 15) is 14.0 Å². The molecule has 1 fully saturated rings. The summed E-state index contributed by atoms with van der Waals surface area (Å²) in [6.07, 6.45) is 5.76. The van der Waals surface area contributed by atoms with E-state index in [1.165, 1.54) is 12.1 Å². The Kier molecular flexibility index (Phi) is 5.09. The quantitative estimate of drug-likeness (QED) is 0.876. The molecule has 0 spiro atoms. The van der Waals surface area contributed by atoms with Crippen LogP contribution in [0.1, 0.15) is 31.2 Å². The average molecular weight is 291 g/mol. The Bertz CT molecular complexity index is 539. The van der Waals surface area contributed by atoms with Crippen LogP contribution in [0.15, 0.2) is 30.3 Å². The molecule has 0 aliphatic heterocycles. The van der Waals surface area contributed by atoms with Crippen LogP contribution in [0.2, 0.25) is 0 Å². The van der Waals surface area contributed by atoms with E-state index in [-0.39, 0.29) is 24.2 Å². The monoisotopic (exact) mass is 291 g/mol. The van der Waals surface area contributed by atoms with E-state index in [1.54, 1.807) is 24.3 Å². The summed E-state index contributed by atoms with van der Waals surface area (Å²) < 4.78 is 12.7. The van der Waals surface area contributed by atoms with Gasteiger partial charge in [0.25, 0.3) is 0 Å². The zero-order valence-electron chi connectivity index (χ0n) is 11.6. The van der Waals surface area contributed by atoms with Gasteiger partial charge >= 0.3 is 5.97 Å². The maximum Gasteiger partial charge on any atom is 0.308 e. The Labute approximate surface area is 122 Å². The lowest BCUT2D eigenvalue weighted by Gasteiger charge is -2.16. The number of halogens is 1. The fourth-order valence-electron chi connectivity index (χ4n) is 2.57. The minimum absolute atomic E-state index is 0.181. The van der Waals surface area contributed by atoms with Crippen LogP contribution in [0.25, 0.3) is 6.08 Å². The van der Waals surface area contributed by atoms with Gasteiger partial charge < -0.3 is 10.4 Å². The lowest BCUT2D eigenvalue weighted by Crippen LogP contribution is -2.39. The van der Waals surface area contributed by atoms with E-state index in [2.05, 4.69) is 5.32 Å². The Morgan fingerprint density at radius 1 is 1.29 bits per heavy atom. The van der Waals surface area contributed by atoms with Gasteiger partial charge in [0.2, 0.25) is 5.91 Å². The fourth-order valence-corrected chi connectivity index (χ4v) is 2.57. The molecular formula is C16H18FNO3. The van der Waals surface area contributed by atoms with Crippen LogP contribution in [0.3, 0.4) is 0 Å². The standard InChI is InChI=1S/C16H18FNO3/c17-12-9-7-11(8-10-12)3-1-6-15(19)18-14-5-2-4-13(14)16(20)21/h1,3,7-10,13-14H,2,4-6H2,(H,18,19)(H,20,21)/b3-1+/t13-,14+/m1/s1. The van der Waals surface area contributed by atoms with Crippen molar-refractivity contribution in [3.05, 3.63) is 41.7 Å². The minimum Gasteiger partial charge on any atom is -0.481 e. The molecule has 1 saturated carbocycles. The van der Waals surface area contributed by atoms with E-state index < -0.39 is 11.9 Å². The Hall–Kier alpha value is -2.17. The van der Waals surface area contributed by atoms with Gasteiger partial charge in [0.15, 0.2) is 0 Å². The summed E-state index contributed by atoms with van der Waals surface area (Å²) in [6.45, 7) is 0. The molecule has 0 saturated heterocycles. The SMILES string of the molecule is O=C(C/C=C/c1ccc(F)cc1)N[C@H]1CCC[C@H]1C(=O)O. The average Bonchev–Trinajstić information content (AvgIpc) is 2.89. The third-order valence-electron chi connectivity index (χ3n) is 3.66. The van der Waals surface area contributed by atoms with E-state index >= 15 is 0 Å². The highest BCUT2D eigenvalue weighted by atomic mass is 19.1. The van der Waals surface area contributed by atoms with Gasteiger partial charge in [-0.05, 0) is 30.5 Å². The summed E-state index contributed by atoms with van der Waals surface area (Å²) in [5, 5.41) is 11.8. The highest BCUT2D eigenvalue weighted by molar-refractivity contribution is 5.80. The highest BCUT2D eigenvalue weighted by Crippen LogP contribution is 2.25. The van der Waals surface area contributed by atoms with Crippen molar-refractivity contribution in [3.63, 3.8) is 0 Å². The van der Waals surface area contributed by atoms with Gasteiger partial charge in [-0.2, -0.15) is 0 Å². The summed E-state index contributed by atoms with van der Waals surface area (Å²) >= 11 is 0. The van der Waals surface area contributed by atoms with Crippen LogP contribution in [0.5, 0.6) is 0 Å². The van der Waals surface area contributed by atoms with Crippen molar-refractivity contribution in [2.24, 2.45) is 5.92 Å². The van der Waals surface area contributed by atoms with Crippen molar-refractivity contribution in [2.75, 3.05) is 0 Å². The smallest absolute Gasteiger partial charge is 0.308 e. The van der Waals surface area contributed by atoms with Gasteiger partial charge in [-0.3, -0.25) is 9.59 Å². The third-order valence-corrected chi connectivity index (χ3v) is 3.66. The molecule has 1 aromatic rings. The predicted octanol–water partition coefficient (Wildman–Crippen LogP) is 2.60. The number of hydrogen-bond acceptors (Lipinski definition) is 2. The van der Waals surface area contributed by atoms with Gasteiger partial charge in [0.05, 0.1) is 5.92 Å². The Balaban J connectivity index is 1.82. The predicted molar refractivity (Wildman–Crippen MR) is 77.0 cm³/mol. The first kappa shape index (κ1) is 15.2. The van der Waals surface area contributed by atoms with Gasteiger partial charge in [-0.1, -0.05) is 30.7 Å². The van der Waals surface area contributed by atoms with Crippen LogP contribution in [-0.2, 0) is 9.59 Å². The molecule has 112 valence electrons. The molecule has 21 heavy (non-hydrogen) atoms. The molecule has 2 atom stereocenters. The van der Waals surface area contributed by atoms with Crippen LogP contribution in [-0.4, -0.2) is 23.0 Å². The number of rotatable bonds is 5. The fraction of sp³-hybridized carbons (Fsp3) is 0.375. The molecule has 5 heteroatoms. The molecule has 0 unspecified atom stereocenters. The first-order chi connectivity index (χ1) is 10.1. The van der Waals surface area contributed by atoms with E-state index in [1.807, 2.05) is 0 Å². The Morgan fingerprint density at radius 3 is 2.67 bits per heavy atom. The van der Waals surface area contributed by atoms with Gasteiger partial charge in [0, 0.05) is 12.5 Å². The number of aliphatic carboxylic acids is 1. The maximum atomic E-state index is 12.7.